The normalized spacial score (nSPS) is 25.7. The number of hydrogen-bond acceptors (Lipinski definition) is 7. The van der Waals surface area contributed by atoms with E-state index in [4.69, 9.17) is 18.9 Å². The van der Waals surface area contributed by atoms with Gasteiger partial charge in [-0.1, -0.05) is 18.2 Å². The van der Waals surface area contributed by atoms with Crippen LogP contribution < -0.4 is 18.9 Å². The van der Waals surface area contributed by atoms with Crippen molar-refractivity contribution < 1.29 is 28.5 Å². The van der Waals surface area contributed by atoms with Gasteiger partial charge in [0.15, 0.2) is 23.0 Å². The van der Waals surface area contributed by atoms with E-state index < -0.39 is 0 Å². The van der Waals surface area contributed by atoms with Crippen LogP contribution in [-0.2, 0) is 16.2 Å². The number of nitrogens with zero attached hydrogens (tertiary/aromatic N) is 2. The molecule has 2 heterocycles. The highest BCUT2D eigenvalue weighted by Crippen LogP contribution is 2.52. The van der Waals surface area contributed by atoms with E-state index in [0.717, 1.165) is 17.0 Å². The third-order valence-electron chi connectivity index (χ3n) is 6.96. The van der Waals surface area contributed by atoms with Gasteiger partial charge in [0.1, 0.15) is 6.61 Å². The summed E-state index contributed by atoms with van der Waals surface area (Å²) in [7, 11) is 1.54. The average Bonchev–Trinajstić information content (AvgIpc) is 3.64. The van der Waals surface area contributed by atoms with Gasteiger partial charge in [0.05, 0.1) is 29.6 Å². The molecule has 6 rings (SSSR count). The number of ether oxygens (including phenoxy) is 4. The van der Waals surface area contributed by atoms with Crippen LogP contribution in [0.25, 0.3) is 0 Å². The second-order valence-electron chi connectivity index (χ2n) is 8.83. The van der Waals surface area contributed by atoms with Crippen LogP contribution in [0.4, 0.5) is 0 Å². The summed E-state index contributed by atoms with van der Waals surface area (Å²) < 4.78 is 23.7. The largest absolute Gasteiger partial charge is 0.493 e. The maximum Gasteiger partial charge on any atom is 0.254 e. The number of allylic oxidation sites excluding steroid dienone is 2. The van der Waals surface area contributed by atoms with E-state index >= 15 is 0 Å². The molecule has 180 valence electrons. The number of rotatable bonds is 6. The number of benzene rings is 2. The zero-order valence-electron chi connectivity index (χ0n) is 18.6. The number of carbonyl (C=O) groups excluding carboxylic acids is 2. The van der Waals surface area contributed by atoms with Crippen molar-refractivity contribution in [1.29, 1.82) is 0 Å². The van der Waals surface area contributed by atoms with E-state index in [1.807, 2.05) is 18.2 Å². The van der Waals surface area contributed by atoms with Crippen molar-refractivity contribution >= 4 is 49.9 Å². The van der Waals surface area contributed by atoms with E-state index in [1.165, 1.54) is 6.21 Å². The van der Waals surface area contributed by atoms with Crippen LogP contribution in [0.3, 0.4) is 0 Å². The maximum absolute atomic E-state index is 12.9. The minimum absolute atomic E-state index is 0.142. The van der Waals surface area contributed by atoms with Gasteiger partial charge in [-0.3, -0.25) is 9.59 Å². The van der Waals surface area contributed by atoms with Crippen molar-refractivity contribution in [1.82, 2.24) is 5.01 Å². The van der Waals surface area contributed by atoms with Gasteiger partial charge in [0.2, 0.25) is 6.79 Å². The molecule has 4 atom stereocenters. The monoisotopic (exact) mass is 602 g/mol. The summed E-state index contributed by atoms with van der Waals surface area (Å²) in [6.07, 6.45) is 6.50. The third-order valence-corrected chi connectivity index (χ3v) is 9.10. The smallest absolute Gasteiger partial charge is 0.254 e. The van der Waals surface area contributed by atoms with E-state index in [-0.39, 0.29) is 48.9 Å². The predicted octanol–water partition coefficient (Wildman–Crippen LogP) is 4.67. The van der Waals surface area contributed by atoms with Gasteiger partial charge in [0, 0.05) is 10.0 Å². The molecule has 1 saturated heterocycles. The molecule has 35 heavy (non-hydrogen) atoms. The summed E-state index contributed by atoms with van der Waals surface area (Å²) >= 11 is 7.14. The number of methoxy groups -OCH3 is 1. The Kier molecular flexibility index (Phi) is 5.60. The Hall–Kier alpha value is -2.85. The van der Waals surface area contributed by atoms with Gasteiger partial charge < -0.3 is 18.9 Å². The standard InChI is InChI=1S/C25H20Br2N2O6/c1-32-18-8-15(9-28-29-24(30)19-13-3-4-14(7-13)20(19)25(29)31)21(26)22(27)23(18)33-10-12-2-5-16-17(6-12)35-11-34-16/h2-6,8-9,13-14,19-20H,7,10-11H2,1H3/t13-,14-,19-,20+/m0/s1. The molecule has 10 heteroatoms. The van der Waals surface area contributed by atoms with Gasteiger partial charge in [-0.05, 0) is 73.9 Å². The molecule has 2 aliphatic heterocycles. The molecule has 2 aromatic carbocycles. The third kappa shape index (κ3) is 3.65. The van der Waals surface area contributed by atoms with Gasteiger partial charge in [0.25, 0.3) is 11.8 Å². The van der Waals surface area contributed by atoms with E-state index in [1.54, 1.807) is 13.2 Å². The highest BCUT2D eigenvalue weighted by Gasteiger charge is 2.59. The van der Waals surface area contributed by atoms with Crippen LogP contribution in [-0.4, -0.2) is 36.9 Å². The predicted molar refractivity (Wildman–Crippen MR) is 132 cm³/mol. The molecule has 0 aromatic heterocycles. The number of fused-ring (bicyclic) bond motifs is 6. The first kappa shape index (κ1) is 22.6. The zero-order valence-corrected chi connectivity index (χ0v) is 21.7. The fourth-order valence-corrected chi connectivity index (χ4v) is 6.23. The minimum Gasteiger partial charge on any atom is -0.493 e. The lowest BCUT2D eigenvalue weighted by atomic mass is 9.85. The topological polar surface area (TPSA) is 86.7 Å². The first-order valence-corrected chi connectivity index (χ1v) is 12.7. The Morgan fingerprint density at radius 1 is 1.06 bits per heavy atom. The van der Waals surface area contributed by atoms with Crippen LogP contribution in [0, 0.1) is 23.7 Å². The van der Waals surface area contributed by atoms with Crippen molar-refractivity contribution in [3.63, 3.8) is 0 Å². The van der Waals surface area contributed by atoms with Crippen LogP contribution in [0.5, 0.6) is 23.0 Å². The molecule has 2 aromatic rings. The number of carbonyl (C=O) groups is 2. The summed E-state index contributed by atoms with van der Waals surface area (Å²) in [5, 5.41) is 5.30. The summed E-state index contributed by atoms with van der Waals surface area (Å²) in [6, 6.07) is 7.37. The van der Waals surface area contributed by atoms with Crippen molar-refractivity contribution in [3.8, 4) is 23.0 Å². The van der Waals surface area contributed by atoms with Gasteiger partial charge in [-0.15, -0.1) is 0 Å². The molecule has 0 unspecified atom stereocenters. The molecule has 0 spiro atoms. The second-order valence-corrected chi connectivity index (χ2v) is 10.4. The molecule has 2 bridgehead atoms. The van der Waals surface area contributed by atoms with Crippen LogP contribution >= 0.6 is 31.9 Å². The fourth-order valence-electron chi connectivity index (χ4n) is 5.29. The summed E-state index contributed by atoms with van der Waals surface area (Å²) in [4.78, 5) is 25.8. The number of hydrazone groups is 1. The molecule has 8 nitrogen and oxygen atoms in total. The second kappa shape index (κ2) is 8.67. The van der Waals surface area contributed by atoms with Crippen LogP contribution in [0.1, 0.15) is 17.5 Å². The summed E-state index contributed by atoms with van der Waals surface area (Å²) in [5.74, 6) is 1.63. The van der Waals surface area contributed by atoms with Crippen LogP contribution in [0.15, 0.2) is 50.5 Å². The fraction of sp³-hybridized carbons (Fsp3) is 0.320. The van der Waals surface area contributed by atoms with E-state index in [9.17, 15) is 9.59 Å². The molecule has 1 saturated carbocycles. The molecule has 2 fully saturated rings. The Balaban J connectivity index is 1.22. The first-order valence-electron chi connectivity index (χ1n) is 11.1. The zero-order chi connectivity index (χ0) is 24.3. The highest BCUT2D eigenvalue weighted by molar-refractivity contribution is 9.13. The van der Waals surface area contributed by atoms with E-state index in [2.05, 4.69) is 49.1 Å². The Bertz CT molecular complexity index is 1280. The molecule has 2 amide bonds. The molecular formula is C25H20Br2N2O6. The van der Waals surface area contributed by atoms with Crippen molar-refractivity contribution in [2.75, 3.05) is 13.9 Å². The summed E-state index contributed by atoms with van der Waals surface area (Å²) in [6.45, 7) is 0.490. The lowest BCUT2D eigenvalue weighted by molar-refractivity contribution is -0.140. The molecule has 4 aliphatic rings. The SMILES string of the molecule is COc1cc(C=NN2C(=O)[C@@H]3[C@H](C2=O)[C@H]2C=C[C@H]3C2)c(Br)c(Br)c1OCc1ccc2c(c1)OCO2. The number of amides is 2. The van der Waals surface area contributed by atoms with E-state index in [0.29, 0.717) is 37.5 Å². The average molecular weight is 604 g/mol. The summed E-state index contributed by atoms with van der Waals surface area (Å²) in [5.41, 5.74) is 1.54. The first-order chi connectivity index (χ1) is 17.0. The number of halogens is 2. The minimum atomic E-state index is -0.286. The Morgan fingerprint density at radius 3 is 2.49 bits per heavy atom. The lowest BCUT2D eigenvalue weighted by Gasteiger charge is -2.16. The Labute approximate surface area is 218 Å². The maximum atomic E-state index is 12.9. The van der Waals surface area contributed by atoms with Crippen molar-refractivity contribution in [3.05, 3.63) is 56.5 Å². The quantitative estimate of drug-likeness (QED) is 0.271. The number of imide groups is 1. The molecule has 0 N–H and O–H groups in total. The molecular weight excluding hydrogens is 584 g/mol. The van der Waals surface area contributed by atoms with Gasteiger partial charge >= 0.3 is 0 Å². The van der Waals surface area contributed by atoms with Crippen molar-refractivity contribution in [2.24, 2.45) is 28.8 Å². The Morgan fingerprint density at radius 2 is 1.77 bits per heavy atom. The lowest BCUT2D eigenvalue weighted by Crippen LogP contribution is -2.28. The highest BCUT2D eigenvalue weighted by atomic mass is 79.9. The number of hydrogen-bond donors (Lipinski definition) is 0. The van der Waals surface area contributed by atoms with Crippen LogP contribution in [0.2, 0.25) is 0 Å². The van der Waals surface area contributed by atoms with Crippen molar-refractivity contribution in [2.45, 2.75) is 13.0 Å². The van der Waals surface area contributed by atoms with Gasteiger partial charge in [-0.25, -0.2) is 0 Å². The molecule has 2 aliphatic carbocycles. The molecule has 0 radical (unpaired) electrons. The van der Waals surface area contributed by atoms with Gasteiger partial charge in [-0.2, -0.15) is 10.1 Å².